The number of carbonyl (C=O) groups is 1. The monoisotopic (exact) mass is 241 g/mol. The molecule has 5 nitrogen and oxygen atoms in total. The Morgan fingerprint density at radius 3 is 3.00 bits per heavy atom. The van der Waals surface area contributed by atoms with Crippen LogP contribution in [0, 0.1) is 5.92 Å². The van der Waals surface area contributed by atoms with Crippen molar-refractivity contribution in [1.29, 1.82) is 0 Å². The summed E-state index contributed by atoms with van der Waals surface area (Å²) in [6.07, 6.45) is 2.09. The van der Waals surface area contributed by atoms with E-state index in [9.17, 15) is 4.79 Å². The zero-order chi connectivity index (χ0) is 12.3. The van der Waals surface area contributed by atoms with E-state index in [-0.39, 0.29) is 18.1 Å². The van der Waals surface area contributed by atoms with E-state index in [4.69, 9.17) is 10.5 Å². The lowest BCUT2D eigenvalue weighted by molar-refractivity contribution is -0.138. The predicted octanol–water partition coefficient (Wildman–Crippen LogP) is -0.439. The van der Waals surface area contributed by atoms with Gasteiger partial charge in [-0.05, 0) is 25.3 Å². The van der Waals surface area contributed by atoms with E-state index in [1.54, 1.807) is 0 Å². The van der Waals surface area contributed by atoms with Gasteiger partial charge in [0.05, 0.1) is 6.61 Å². The number of carbonyl (C=O) groups excluding carboxylic acids is 1. The van der Waals surface area contributed by atoms with Crippen molar-refractivity contribution in [3.63, 3.8) is 0 Å². The summed E-state index contributed by atoms with van der Waals surface area (Å²) in [6.45, 7) is 5.90. The molecule has 1 heterocycles. The first kappa shape index (κ1) is 12.8. The molecular formula is C12H23N3O2. The summed E-state index contributed by atoms with van der Waals surface area (Å²) in [6, 6.07) is 0.116. The molecule has 98 valence electrons. The molecule has 0 bridgehead atoms. The van der Waals surface area contributed by atoms with Crippen LogP contribution in [0.25, 0.3) is 0 Å². The third-order valence-electron chi connectivity index (χ3n) is 3.63. The van der Waals surface area contributed by atoms with Gasteiger partial charge in [0, 0.05) is 25.7 Å². The topological polar surface area (TPSA) is 67.6 Å². The molecule has 0 spiro atoms. The van der Waals surface area contributed by atoms with Crippen LogP contribution < -0.4 is 11.1 Å². The first-order valence-electron chi connectivity index (χ1n) is 6.58. The molecule has 17 heavy (non-hydrogen) atoms. The molecule has 1 aliphatic carbocycles. The van der Waals surface area contributed by atoms with Crippen molar-refractivity contribution in [2.24, 2.45) is 11.7 Å². The van der Waals surface area contributed by atoms with E-state index < -0.39 is 0 Å². The molecule has 1 aliphatic heterocycles. The third kappa shape index (κ3) is 3.66. The van der Waals surface area contributed by atoms with Gasteiger partial charge >= 0.3 is 0 Å². The number of hydrogen-bond donors (Lipinski definition) is 2. The summed E-state index contributed by atoms with van der Waals surface area (Å²) in [5, 5.41) is 2.90. The molecule has 1 saturated heterocycles. The van der Waals surface area contributed by atoms with Crippen LogP contribution in [0.5, 0.6) is 0 Å². The fourth-order valence-corrected chi connectivity index (χ4v) is 2.17. The SMILES string of the molecule is CCN1CCOC(C(=O)NCC(N)C2CC2)C1. The van der Waals surface area contributed by atoms with Crippen LogP contribution in [0.4, 0.5) is 0 Å². The molecule has 2 rings (SSSR count). The van der Waals surface area contributed by atoms with Crippen molar-refractivity contribution >= 4 is 5.91 Å². The number of nitrogens with one attached hydrogen (secondary N) is 1. The maximum absolute atomic E-state index is 11.9. The van der Waals surface area contributed by atoms with Gasteiger partial charge in [-0.25, -0.2) is 0 Å². The van der Waals surface area contributed by atoms with Gasteiger partial charge in [-0.3, -0.25) is 9.69 Å². The lowest BCUT2D eigenvalue weighted by atomic mass is 10.2. The number of amides is 1. The Morgan fingerprint density at radius 1 is 1.59 bits per heavy atom. The largest absolute Gasteiger partial charge is 0.366 e. The van der Waals surface area contributed by atoms with Gasteiger partial charge in [0.2, 0.25) is 0 Å². The third-order valence-corrected chi connectivity index (χ3v) is 3.63. The Kier molecular flexibility index (Phi) is 4.36. The number of nitrogens with zero attached hydrogens (tertiary/aromatic N) is 1. The second kappa shape index (κ2) is 5.80. The number of rotatable bonds is 5. The van der Waals surface area contributed by atoms with Crippen molar-refractivity contribution < 1.29 is 9.53 Å². The standard InChI is InChI=1S/C12H23N3O2/c1-2-15-5-6-17-11(8-15)12(16)14-7-10(13)9-3-4-9/h9-11H,2-8,13H2,1H3,(H,14,16). The molecule has 1 saturated carbocycles. The minimum Gasteiger partial charge on any atom is -0.366 e. The van der Waals surface area contributed by atoms with Gasteiger partial charge in [-0.2, -0.15) is 0 Å². The van der Waals surface area contributed by atoms with Crippen molar-refractivity contribution in [1.82, 2.24) is 10.2 Å². The minimum absolute atomic E-state index is 0.0146. The average molecular weight is 241 g/mol. The molecule has 2 fully saturated rings. The van der Waals surface area contributed by atoms with E-state index >= 15 is 0 Å². The Morgan fingerprint density at radius 2 is 2.35 bits per heavy atom. The summed E-state index contributed by atoms with van der Waals surface area (Å²) in [5.41, 5.74) is 5.94. The van der Waals surface area contributed by atoms with Crippen molar-refractivity contribution in [3.8, 4) is 0 Å². The first-order chi connectivity index (χ1) is 8.20. The Labute approximate surface area is 103 Å². The van der Waals surface area contributed by atoms with Crippen molar-refractivity contribution in [3.05, 3.63) is 0 Å². The van der Waals surface area contributed by atoms with E-state index in [2.05, 4.69) is 17.1 Å². The van der Waals surface area contributed by atoms with Gasteiger partial charge in [0.25, 0.3) is 5.91 Å². The summed E-state index contributed by atoms with van der Waals surface area (Å²) in [4.78, 5) is 14.1. The van der Waals surface area contributed by atoms with Crippen LogP contribution in [0.3, 0.4) is 0 Å². The smallest absolute Gasteiger partial charge is 0.250 e. The number of likely N-dealkylation sites (N-methyl/N-ethyl adjacent to an activating group) is 1. The Bertz CT molecular complexity index is 268. The van der Waals surface area contributed by atoms with Crippen LogP contribution >= 0.6 is 0 Å². The Hall–Kier alpha value is -0.650. The van der Waals surface area contributed by atoms with Gasteiger partial charge in [0.1, 0.15) is 6.10 Å². The van der Waals surface area contributed by atoms with Crippen molar-refractivity contribution in [2.45, 2.75) is 31.9 Å². The molecule has 2 unspecified atom stereocenters. The molecule has 0 aromatic rings. The molecule has 0 aromatic carbocycles. The van der Waals surface area contributed by atoms with Gasteiger partial charge in [0.15, 0.2) is 0 Å². The predicted molar refractivity (Wildman–Crippen MR) is 65.6 cm³/mol. The highest BCUT2D eigenvalue weighted by atomic mass is 16.5. The summed E-state index contributed by atoms with van der Waals surface area (Å²) in [7, 11) is 0. The minimum atomic E-state index is -0.324. The maximum Gasteiger partial charge on any atom is 0.250 e. The van der Waals surface area contributed by atoms with Gasteiger partial charge in [-0.15, -0.1) is 0 Å². The van der Waals surface area contributed by atoms with Crippen LogP contribution in [-0.4, -0.2) is 55.7 Å². The highest BCUT2D eigenvalue weighted by Gasteiger charge is 2.30. The molecule has 3 N–H and O–H groups in total. The second-order valence-corrected chi connectivity index (χ2v) is 5.00. The number of morpholine rings is 1. The van der Waals surface area contributed by atoms with Crippen LogP contribution in [0.1, 0.15) is 19.8 Å². The molecule has 0 radical (unpaired) electrons. The summed E-state index contributed by atoms with van der Waals surface area (Å²) < 4.78 is 5.49. The Balaban J connectivity index is 1.70. The van der Waals surface area contributed by atoms with Crippen molar-refractivity contribution in [2.75, 3.05) is 32.8 Å². The maximum atomic E-state index is 11.9. The summed E-state index contributed by atoms with van der Waals surface area (Å²) >= 11 is 0. The normalized spacial score (nSPS) is 27.8. The average Bonchev–Trinajstić information content (AvgIpc) is 3.19. The lowest BCUT2D eigenvalue weighted by Crippen LogP contribution is -2.51. The van der Waals surface area contributed by atoms with Crippen LogP contribution in [0.15, 0.2) is 0 Å². The van der Waals surface area contributed by atoms with E-state index in [1.165, 1.54) is 12.8 Å². The molecule has 1 amide bonds. The van der Waals surface area contributed by atoms with Gasteiger partial charge in [-0.1, -0.05) is 6.92 Å². The molecule has 5 heteroatoms. The second-order valence-electron chi connectivity index (χ2n) is 5.00. The quantitative estimate of drug-likeness (QED) is 0.685. The zero-order valence-electron chi connectivity index (χ0n) is 10.5. The van der Waals surface area contributed by atoms with E-state index in [1.807, 2.05) is 0 Å². The highest BCUT2D eigenvalue weighted by molar-refractivity contribution is 5.81. The highest BCUT2D eigenvalue weighted by Crippen LogP contribution is 2.31. The number of hydrogen-bond acceptors (Lipinski definition) is 4. The fraction of sp³-hybridized carbons (Fsp3) is 0.917. The first-order valence-corrected chi connectivity index (χ1v) is 6.58. The molecule has 2 aliphatic rings. The fourth-order valence-electron chi connectivity index (χ4n) is 2.17. The van der Waals surface area contributed by atoms with E-state index in [0.717, 1.165) is 13.1 Å². The van der Waals surface area contributed by atoms with E-state index in [0.29, 0.717) is 25.6 Å². The van der Waals surface area contributed by atoms with Crippen LogP contribution in [0.2, 0.25) is 0 Å². The van der Waals surface area contributed by atoms with Crippen LogP contribution in [-0.2, 0) is 9.53 Å². The lowest BCUT2D eigenvalue weighted by Gasteiger charge is -2.31. The molecule has 2 atom stereocenters. The molecule has 0 aromatic heterocycles. The molecular weight excluding hydrogens is 218 g/mol. The van der Waals surface area contributed by atoms with Gasteiger partial charge < -0.3 is 15.8 Å². The number of nitrogens with two attached hydrogens (primary N) is 1. The summed E-state index contributed by atoms with van der Waals surface area (Å²) in [5.74, 6) is 0.606. The zero-order valence-corrected chi connectivity index (χ0v) is 10.5. The number of ether oxygens (including phenoxy) is 1.